The highest BCUT2D eigenvalue weighted by atomic mass is 16.5. The summed E-state index contributed by atoms with van der Waals surface area (Å²) in [5.41, 5.74) is 0. The molecule has 0 bridgehead atoms. The van der Waals surface area contributed by atoms with Crippen LogP contribution in [-0.4, -0.2) is 25.3 Å². The van der Waals surface area contributed by atoms with Crippen LogP contribution in [0, 0.1) is 17.8 Å². The molecule has 2 heteroatoms. The van der Waals surface area contributed by atoms with E-state index in [-0.39, 0.29) is 0 Å². The molecule has 2 nitrogen and oxygen atoms in total. The summed E-state index contributed by atoms with van der Waals surface area (Å²) >= 11 is 0. The normalized spacial score (nSPS) is 30.7. The van der Waals surface area contributed by atoms with E-state index >= 15 is 0 Å². The SMILES string of the molecule is CCC(CNCC(C)C)OC1CCC(C)C(C)C1. The van der Waals surface area contributed by atoms with E-state index in [0.29, 0.717) is 12.2 Å². The smallest absolute Gasteiger partial charge is 0.0700 e. The molecule has 1 aliphatic carbocycles. The molecule has 0 aromatic heterocycles. The molecular formula is C16H33NO. The first kappa shape index (κ1) is 16.0. The summed E-state index contributed by atoms with van der Waals surface area (Å²) in [5, 5.41) is 3.52. The van der Waals surface area contributed by atoms with Gasteiger partial charge in [-0.15, -0.1) is 0 Å². The Hall–Kier alpha value is -0.0800. The van der Waals surface area contributed by atoms with Crippen LogP contribution < -0.4 is 5.32 Å². The summed E-state index contributed by atoms with van der Waals surface area (Å²) in [6, 6.07) is 0. The average Bonchev–Trinajstić information content (AvgIpc) is 2.32. The van der Waals surface area contributed by atoms with Gasteiger partial charge in [0, 0.05) is 6.54 Å². The van der Waals surface area contributed by atoms with Gasteiger partial charge in [-0.2, -0.15) is 0 Å². The van der Waals surface area contributed by atoms with E-state index in [2.05, 4.69) is 39.9 Å². The van der Waals surface area contributed by atoms with Crippen LogP contribution in [-0.2, 0) is 4.74 Å². The molecule has 4 atom stereocenters. The molecular weight excluding hydrogens is 222 g/mol. The molecule has 1 N–H and O–H groups in total. The first-order valence-electron chi connectivity index (χ1n) is 7.89. The maximum absolute atomic E-state index is 6.28. The molecule has 108 valence electrons. The number of hydrogen-bond acceptors (Lipinski definition) is 2. The van der Waals surface area contributed by atoms with E-state index in [4.69, 9.17) is 4.74 Å². The van der Waals surface area contributed by atoms with Crippen LogP contribution in [0.3, 0.4) is 0 Å². The predicted molar refractivity (Wildman–Crippen MR) is 78.8 cm³/mol. The molecule has 0 amide bonds. The van der Waals surface area contributed by atoms with Gasteiger partial charge in [0.1, 0.15) is 0 Å². The quantitative estimate of drug-likeness (QED) is 0.746. The lowest BCUT2D eigenvalue weighted by molar-refractivity contribution is -0.0475. The zero-order valence-corrected chi connectivity index (χ0v) is 13.0. The van der Waals surface area contributed by atoms with Crippen LogP contribution in [0.4, 0.5) is 0 Å². The Kier molecular flexibility index (Phi) is 7.25. The van der Waals surface area contributed by atoms with Crippen molar-refractivity contribution in [3.05, 3.63) is 0 Å². The molecule has 4 unspecified atom stereocenters. The van der Waals surface area contributed by atoms with Crippen LogP contribution in [0.25, 0.3) is 0 Å². The Balaban J connectivity index is 2.25. The van der Waals surface area contributed by atoms with Gasteiger partial charge in [-0.25, -0.2) is 0 Å². The second kappa shape index (κ2) is 8.16. The molecule has 1 aliphatic rings. The Labute approximate surface area is 114 Å². The summed E-state index contributed by atoms with van der Waals surface area (Å²) in [6.45, 7) is 13.6. The fourth-order valence-corrected chi connectivity index (χ4v) is 2.72. The Morgan fingerprint density at radius 2 is 1.83 bits per heavy atom. The standard InChI is InChI=1S/C16H33NO/c1-6-15(11-17-10-12(2)3)18-16-8-7-13(4)14(5)9-16/h12-17H,6-11H2,1-5H3. The van der Waals surface area contributed by atoms with Gasteiger partial charge in [0.25, 0.3) is 0 Å². The number of nitrogens with one attached hydrogen (secondary N) is 1. The maximum Gasteiger partial charge on any atom is 0.0700 e. The lowest BCUT2D eigenvalue weighted by atomic mass is 9.80. The highest BCUT2D eigenvalue weighted by molar-refractivity contribution is 4.77. The minimum atomic E-state index is 0.398. The van der Waals surface area contributed by atoms with Crippen LogP contribution >= 0.6 is 0 Å². The van der Waals surface area contributed by atoms with Gasteiger partial charge in [-0.05, 0) is 50.0 Å². The van der Waals surface area contributed by atoms with Crippen molar-refractivity contribution in [2.45, 2.75) is 72.5 Å². The van der Waals surface area contributed by atoms with Crippen LogP contribution in [0.5, 0.6) is 0 Å². The Morgan fingerprint density at radius 1 is 1.11 bits per heavy atom. The molecule has 1 rings (SSSR count). The van der Waals surface area contributed by atoms with Crippen LogP contribution in [0.2, 0.25) is 0 Å². The lowest BCUT2D eigenvalue weighted by Gasteiger charge is -2.34. The first-order chi connectivity index (χ1) is 8.52. The molecule has 18 heavy (non-hydrogen) atoms. The van der Waals surface area contributed by atoms with Gasteiger partial charge >= 0.3 is 0 Å². The van der Waals surface area contributed by atoms with Crippen molar-refractivity contribution in [3.8, 4) is 0 Å². The maximum atomic E-state index is 6.28. The van der Waals surface area contributed by atoms with Gasteiger partial charge in [-0.1, -0.05) is 34.6 Å². The molecule has 0 saturated heterocycles. The lowest BCUT2D eigenvalue weighted by Crippen LogP contribution is -2.36. The third-order valence-corrected chi connectivity index (χ3v) is 4.31. The summed E-state index contributed by atoms with van der Waals surface area (Å²) in [4.78, 5) is 0. The zero-order chi connectivity index (χ0) is 13.5. The number of ether oxygens (including phenoxy) is 1. The van der Waals surface area contributed by atoms with Gasteiger partial charge in [0.2, 0.25) is 0 Å². The van der Waals surface area contributed by atoms with Crippen molar-refractivity contribution in [3.63, 3.8) is 0 Å². The molecule has 0 heterocycles. The molecule has 0 aliphatic heterocycles. The monoisotopic (exact) mass is 255 g/mol. The van der Waals surface area contributed by atoms with Gasteiger partial charge in [0.05, 0.1) is 12.2 Å². The van der Waals surface area contributed by atoms with E-state index in [9.17, 15) is 0 Å². The second-order valence-electron chi connectivity index (χ2n) is 6.61. The van der Waals surface area contributed by atoms with E-state index in [1.807, 2.05) is 0 Å². The molecule has 0 aromatic carbocycles. The fourth-order valence-electron chi connectivity index (χ4n) is 2.72. The van der Waals surface area contributed by atoms with Crippen molar-refractivity contribution in [1.82, 2.24) is 5.32 Å². The largest absolute Gasteiger partial charge is 0.374 e. The minimum absolute atomic E-state index is 0.398. The topological polar surface area (TPSA) is 21.3 Å². The third kappa shape index (κ3) is 5.71. The summed E-state index contributed by atoms with van der Waals surface area (Å²) in [7, 11) is 0. The van der Waals surface area contributed by atoms with E-state index in [1.165, 1.54) is 19.3 Å². The van der Waals surface area contributed by atoms with Crippen molar-refractivity contribution in [2.75, 3.05) is 13.1 Å². The average molecular weight is 255 g/mol. The molecule has 0 aromatic rings. The zero-order valence-electron chi connectivity index (χ0n) is 13.0. The molecule has 1 fully saturated rings. The second-order valence-corrected chi connectivity index (χ2v) is 6.61. The van der Waals surface area contributed by atoms with Crippen LogP contribution in [0.1, 0.15) is 60.3 Å². The highest BCUT2D eigenvalue weighted by Crippen LogP contribution is 2.31. The minimum Gasteiger partial charge on any atom is -0.374 e. The number of hydrogen-bond donors (Lipinski definition) is 1. The van der Waals surface area contributed by atoms with Gasteiger partial charge < -0.3 is 10.1 Å². The van der Waals surface area contributed by atoms with Gasteiger partial charge in [-0.3, -0.25) is 0 Å². The third-order valence-electron chi connectivity index (χ3n) is 4.31. The van der Waals surface area contributed by atoms with E-state index in [1.54, 1.807) is 0 Å². The van der Waals surface area contributed by atoms with Crippen LogP contribution in [0.15, 0.2) is 0 Å². The van der Waals surface area contributed by atoms with Crippen molar-refractivity contribution < 1.29 is 4.74 Å². The molecule has 0 radical (unpaired) electrons. The van der Waals surface area contributed by atoms with Crippen molar-refractivity contribution in [2.24, 2.45) is 17.8 Å². The van der Waals surface area contributed by atoms with E-state index in [0.717, 1.165) is 37.3 Å². The van der Waals surface area contributed by atoms with Gasteiger partial charge in [0.15, 0.2) is 0 Å². The summed E-state index contributed by atoms with van der Waals surface area (Å²) in [5.74, 6) is 2.42. The Bertz CT molecular complexity index is 217. The molecule has 1 saturated carbocycles. The summed E-state index contributed by atoms with van der Waals surface area (Å²) in [6.07, 6.45) is 5.86. The highest BCUT2D eigenvalue weighted by Gasteiger charge is 2.26. The van der Waals surface area contributed by atoms with Crippen molar-refractivity contribution >= 4 is 0 Å². The van der Waals surface area contributed by atoms with E-state index < -0.39 is 0 Å². The summed E-state index contributed by atoms with van der Waals surface area (Å²) < 4.78 is 6.28. The first-order valence-corrected chi connectivity index (χ1v) is 7.89. The Morgan fingerprint density at radius 3 is 2.39 bits per heavy atom. The molecule has 0 spiro atoms. The number of rotatable bonds is 7. The predicted octanol–water partition coefficient (Wildman–Crippen LogP) is 3.85. The fraction of sp³-hybridized carbons (Fsp3) is 1.00. The van der Waals surface area contributed by atoms with Crippen molar-refractivity contribution in [1.29, 1.82) is 0 Å².